The molecule has 2 aromatic heterocycles. The second-order valence-electron chi connectivity index (χ2n) is 5.88. The maximum atomic E-state index is 12.5. The van der Waals surface area contributed by atoms with Gasteiger partial charge < -0.3 is 4.90 Å². The zero-order valence-corrected chi connectivity index (χ0v) is 12.7. The van der Waals surface area contributed by atoms with E-state index in [0.29, 0.717) is 12.3 Å². The number of amides is 1. The van der Waals surface area contributed by atoms with Crippen molar-refractivity contribution >= 4 is 5.91 Å². The van der Waals surface area contributed by atoms with Crippen LogP contribution in [0, 0.1) is 20.8 Å². The summed E-state index contributed by atoms with van der Waals surface area (Å²) in [4.78, 5) is 14.4. The van der Waals surface area contributed by atoms with E-state index in [1.165, 1.54) is 11.3 Å². The average Bonchev–Trinajstić information content (AvgIpc) is 3.15. The number of aromatic amines is 2. The Bertz CT molecular complexity index is 637. The molecule has 1 amide bonds. The molecule has 0 aliphatic carbocycles. The van der Waals surface area contributed by atoms with Gasteiger partial charge in [-0.25, -0.2) is 0 Å². The van der Waals surface area contributed by atoms with Crippen LogP contribution in [0.4, 0.5) is 0 Å². The van der Waals surface area contributed by atoms with Gasteiger partial charge in [0, 0.05) is 36.0 Å². The molecule has 1 unspecified atom stereocenters. The summed E-state index contributed by atoms with van der Waals surface area (Å²) in [5, 5.41) is 14.2. The summed E-state index contributed by atoms with van der Waals surface area (Å²) in [6.45, 7) is 7.55. The van der Waals surface area contributed by atoms with Crippen LogP contribution >= 0.6 is 0 Å². The molecule has 1 saturated heterocycles. The van der Waals surface area contributed by atoms with Gasteiger partial charge in [0.1, 0.15) is 0 Å². The lowest BCUT2D eigenvalue weighted by atomic mass is 10.0. The summed E-state index contributed by atoms with van der Waals surface area (Å²) >= 11 is 0. The van der Waals surface area contributed by atoms with Gasteiger partial charge in [-0.1, -0.05) is 0 Å². The second kappa shape index (κ2) is 5.35. The van der Waals surface area contributed by atoms with Crippen molar-refractivity contribution in [2.24, 2.45) is 0 Å². The number of rotatable bonds is 3. The fourth-order valence-electron chi connectivity index (χ4n) is 3.09. The van der Waals surface area contributed by atoms with Crippen LogP contribution in [-0.4, -0.2) is 44.3 Å². The molecule has 1 aliphatic heterocycles. The molecule has 3 rings (SSSR count). The fraction of sp³-hybridized carbons (Fsp3) is 0.533. The fourth-order valence-corrected chi connectivity index (χ4v) is 3.09. The van der Waals surface area contributed by atoms with Crippen LogP contribution < -0.4 is 0 Å². The number of nitrogens with one attached hydrogen (secondary N) is 2. The van der Waals surface area contributed by atoms with Gasteiger partial charge in [-0.05, 0) is 32.8 Å². The van der Waals surface area contributed by atoms with E-state index in [1.54, 1.807) is 0 Å². The summed E-state index contributed by atoms with van der Waals surface area (Å²) in [7, 11) is 0. The number of aromatic nitrogens is 4. The van der Waals surface area contributed by atoms with E-state index >= 15 is 0 Å². The standard InChI is InChI=1S/C15H21N5O/c1-9-7-16-19-15(9)12-4-5-20(8-12)14(21)6-13-10(2)17-18-11(13)3/h7,12H,4-6,8H2,1-3H3,(H,16,19)(H,17,18). The second-order valence-corrected chi connectivity index (χ2v) is 5.88. The van der Waals surface area contributed by atoms with Crippen molar-refractivity contribution in [2.45, 2.75) is 39.5 Å². The Hall–Kier alpha value is -2.11. The molecule has 2 aromatic rings. The first-order chi connectivity index (χ1) is 10.1. The monoisotopic (exact) mass is 287 g/mol. The number of likely N-dealkylation sites (tertiary alicyclic amines) is 1. The number of aryl methyl sites for hydroxylation is 3. The molecule has 1 fully saturated rings. The normalized spacial score (nSPS) is 18.4. The molecule has 21 heavy (non-hydrogen) atoms. The molecule has 0 aromatic carbocycles. The quantitative estimate of drug-likeness (QED) is 0.900. The molecular weight excluding hydrogens is 266 g/mol. The smallest absolute Gasteiger partial charge is 0.227 e. The minimum Gasteiger partial charge on any atom is -0.342 e. The Kier molecular flexibility index (Phi) is 3.53. The van der Waals surface area contributed by atoms with E-state index in [9.17, 15) is 4.79 Å². The molecule has 112 valence electrons. The molecule has 0 bridgehead atoms. The van der Waals surface area contributed by atoms with Crippen LogP contribution in [0.25, 0.3) is 0 Å². The van der Waals surface area contributed by atoms with Crippen LogP contribution in [0.5, 0.6) is 0 Å². The molecule has 6 nitrogen and oxygen atoms in total. The van der Waals surface area contributed by atoms with Crippen LogP contribution in [0.1, 0.15) is 40.5 Å². The summed E-state index contributed by atoms with van der Waals surface area (Å²) in [6, 6.07) is 0. The third-order valence-electron chi connectivity index (χ3n) is 4.43. The van der Waals surface area contributed by atoms with Gasteiger partial charge in [0.05, 0.1) is 18.3 Å². The van der Waals surface area contributed by atoms with E-state index in [1.807, 2.05) is 24.9 Å². The largest absolute Gasteiger partial charge is 0.342 e. The lowest BCUT2D eigenvalue weighted by Crippen LogP contribution is -2.30. The highest BCUT2D eigenvalue weighted by Gasteiger charge is 2.29. The molecular formula is C15H21N5O. The Balaban J connectivity index is 1.66. The number of hydrogen-bond acceptors (Lipinski definition) is 3. The Morgan fingerprint density at radius 2 is 2.19 bits per heavy atom. The minimum absolute atomic E-state index is 0.183. The molecule has 2 N–H and O–H groups in total. The number of H-pyrrole nitrogens is 2. The van der Waals surface area contributed by atoms with Gasteiger partial charge >= 0.3 is 0 Å². The predicted molar refractivity (Wildman–Crippen MR) is 79.0 cm³/mol. The summed E-state index contributed by atoms with van der Waals surface area (Å²) in [5.41, 5.74) is 5.28. The molecule has 6 heteroatoms. The van der Waals surface area contributed by atoms with Crippen LogP contribution in [0.15, 0.2) is 6.20 Å². The first-order valence-corrected chi connectivity index (χ1v) is 7.34. The molecule has 1 atom stereocenters. The maximum absolute atomic E-state index is 12.5. The Morgan fingerprint density at radius 1 is 1.38 bits per heavy atom. The van der Waals surface area contributed by atoms with Gasteiger partial charge in [0.2, 0.25) is 5.91 Å². The van der Waals surface area contributed by atoms with Crippen molar-refractivity contribution in [3.63, 3.8) is 0 Å². The van der Waals surface area contributed by atoms with Crippen molar-refractivity contribution in [1.29, 1.82) is 0 Å². The van der Waals surface area contributed by atoms with E-state index in [0.717, 1.165) is 36.5 Å². The van der Waals surface area contributed by atoms with Crippen molar-refractivity contribution in [3.05, 3.63) is 34.4 Å². The van der Waals surface area contributed by atoms with E-state index in [-0.39, 0.29) is 5.91 Å². The van der Waals surface area contributed by atoms with Crippen molar-refractivity contribution < 1.29 is 4.79 Å². The van der Waals surface area contributed by atoms with Gasteiger partial charge in [-0.3, -0.25) is 15.0 Å². The van der Waals surface area contributed by atoms with Gasteiger partial charge in [-0.15, -0.1) is 0 Å². The zero-order valence-electron chi connectivity index (χ0n) is 12.7. The van der Waals surface area contributed by atoms with Crippen LogP contribution in [0.2, 0.25) is 0 Å². The van der Waals surface area contributed by atoms with E-state index in [2.05, 4.69) is 27.3 Å². The number of hydrogen-bond donors (Lipinski definition) is 2. The van der Waals surface area contributed by atoms with Crippen molar-refractivity contribution in [2.75, 3.05) is 13.1 Å². The third-order valence-corrected chi connectivity index (χ3v) is 4.43. The lowest BCUT2D eigenvalue weighted by molar-refractivity contribution is -0.129. The van der Waals surface area contributed by atoms with E-state index < -0.39 is 0 Å². The highest BCUT2D eigenvalue weighted by atomic mass is 16.2. The molecule has 0 spiro atoms. The van der Waals surface area contributed by atoms with Gasteiger partial charge in [-0.2, -0.15) is 10.2 Å². The van der Waals surface area contributed by atoms with Crippen LogP contribution in [0.3, 0.4) is 0 Å². The SMILES string of the molecule is Cc1cn[nH]c1C1CCN(C(=O)Cc2c(C)n[nH]c2C)C1. The summed E-state index contributed by atoms with van der Waals surface area (Å²) < 4.78 is 0. The van der Waals surface area contributed by atoms with E-state index in [4.69, 9.17) is 0 Å². The van der Waals surface area contributed by atoms with Crippen LogP contribution in [-0.2, 0) is 11.2 Å². The zero-order chi connectivity index (χ0) is 15.0. The van der Waals surface area contributed by atoms with Crippen molar-refractivity contribution in [1.82, 2.24) is 25.3 Å². The molecule has 3 heterocycles. The maximum Gasteiger partial charge on any atom is 0.227 e. The molecule has 0 radical (unpaired) electrons. The first kappa shape index (κ1) is 13.9. The summed E-state index contributed by atoms with van der Waals surface area (Å²) in [6.07, 6.45) is 3.28. The average molecular weight is 287 g/mol. The highest BCUT2D eigenvalue weighted by Crippen LogP contribution is 2.28. The lowest BCUT2D eigenvalue weighted by Gasteiger charge is -2.16. The Labute approximate surface area is 123 Å². The number of nitrogens with zero attached hydrogens (tertiary/aromatic N) is 3. The Morgan fingerprint density at radius 3 is 2.81 bits per heavy atom. The first-order valence-electron chi connectivity index (χ1n) is 7.34. The number of carbonyl (C=O) groups is 1. The topological polar surface area (TPSA) is 77.7 Å². The van der Waals surface area contributed by atoms with Crippen molar-refractivity contribution in [3.8, 4) is 0 Å². The highest BCUT2D eigenvalue weighted by molar-refractivity contribution is 5.79. The van der Waals surface area contributed by atoms with Gasteiger partial charge in [0.15, 0.2) is 0 Å². The molecule has 0 saturated carbocycles. The third kappa shape index (κ3) is 2.57. The number of carbonyl (C=O) groups excluding carboxylic acids is 1. The summed E-state index contributed by atoms with van der Waals surface area (Å²) in [5.74, 6) is 0.560. The van der Waals surface area contributed by atoms with Gasteiger partial charge in [0.25, 0.3) is 0 Å². The minimum atomic E-state index is 0.183. The predicted octanol–water partition coefficient (Wildman–Crippen LogP) is 1.62. The molecule has 1 aliphatic rings.